The number of halogens is 1. The standard InChI is InChI=1S/C29H25ClN6O7S.2K/c1-14-8-19(13-21(30)23(14)37)31-22-24(29(2,3)4)34-36-25(32-33-26(22)36)15-6-5-7-18(10-15)35-44(42,43)20-11-16(27(38)39)9-17(12-20)28(40)41;;/h5-13,35,37H,1-4H3,(H,38,39)(H,40,41);;/q;2*+1/p-2. The number of carbonyl (C=O) groups is 2. The molecule has 0 bridgehead atoms. The van der Waals surface area contributed by atoms with Gasteiger partial charge in [0.15, 0.2) is 5.82 Å². The van der Waals surface area contributed by atoms with Crippen molar-refractivity contribution >= 4 is 56.4 Å². The number of carboxylic acid groups (broad SMARTS) is 2. The molecule has 1 aliphatic heterocycles. The zero-order valence-corrected chi connectivity index (χ0v) is 33.4. The Morgan fingerprint density at radius 1 is 0.957 bits per heavy atom. The van der Waals surface area contributed by atoms with Crippen LogP contribution < -0.4 is 118 Å². The number of carboxylic acids is 2. The maximum absolute atomic E-state index is 13.1. The number of phenolic OH excluding ortho intramolecular Hbond substituents is 1. The smallest absolute Gasteiger partial charge is 0.545 e. The Morgan fingerprint density at radius 2 is 1.57 bits per heavy atom. The van der Waals surface area contributed by atoms with E-state index in [2.05, 4.69) is 14.9 Å². The van der Waals surface area contributed by atoms with Crippen LogP contribution in [-0.2, 0) is 10.0 Å². The van der Waals surface area contributed by atoms with E-state index < -0.39 is 43.4 Å². The molecule has 0 fully saturated rings. The van der Waals surface area contributed by atoms with Crippen molar-refractivity contribution in [2.75, 3.05) is 4.72 Å². The molecule has 2 heterocycles. The third-order valence-corrected chi connectivity index (χ3v) is 8.18. The Bertz CT molecular complexity index is 2000. The van der Waals surface area contributed by atoms with Crippen molar-refractivity contribution in [3.05, 3.63) is 82.1 Å². The summed E-state index contributed by atoms with van der Waals surface area (Å²) in [6.45, 7) is 7.55. The molecule has 0 aliphatic carbocycles. The number of nitrogens with zero attached hydrogens (tertiary/aromatic N) is 5. The van der Waals surface area contributed by atoms with Gasteiger partial charge in [-0.1, -0.05) is 44.5 Å². The topological polar surface area (TPSA) is 202 Å². The summed E-state index contributed by atoms with van der Waals surface area (Å²) in [6, 6.07) is 11.6. The zero-order valence-electron chi connectivity index (χ0n) is 25.6. The zero-order chi connectivity index (χ0) is 32.1. The predicted molar refractivity (Wildman–Crippen MR) is 158 cm³/mol. The minimum absolute atomic E-state index is 0. The predicted octanol–water partition coefficient (Wildman–Crippen LogP) is -3.47. The molecule has 17 heteroatoms. The SMILES string of the molecule is Cc1cc(N=C2C(C(C)(C)C)=Nn3c2nnc3-c2cccc(NS(=O)(=O)c3cc(C(=O)[O-])cc(C(=O)[O-])c3)c2)cc(Cl)c1O.[K+].[K+]. The van der Waals surface area contributed by atoms with Crippen LogP contribution >= 0.6 is 11.6 Å². The van der Waals surface area contributed by atoms with Gasteiger partial charge in [-0.2, -0.15) is 9.78 Å². The van der Waals surface area contributed by atoms with E-state index in [9.17, 15) is 33.3 Å². The van der Waals surface area contributed by atoms with E-state index in [4.69, 9.17) is 21.7 Å². The summed E-state index contributed by atoms with van der Waals surface area (Å²) >= 11 is 6.17. The number of hydrogen-bond donors (Lipinski definition) is 2. The molecule has 3 aromatic carbocycles. The molecular formula is C29H23ClK2N6O7S. The average Bonchev–Trinajstić information content (AvgIpc) is 3.51. The molecule has 0 atom stereocenters. The number of anilines is 1. The number of fused-ring (bicyclic) bond motifs is 1. The fraction of sp³-hybridized carbons (Fsp3) is 0.172. The Kier molecular flexibility index (Phi) is 12.4. The van der Waals surface area contributed by atoms with Crippen molar-refractivity contribution in [1.82, 2.24) is 14.9 Å². The molecule has 1 aromatic heterocycles. The van der Waals surface area contributed by atoms with Crippen molar-refractivity contribution in [3.8, 4) is 17.1 Å². The number of nitrogens with one attached hydrogen (secondary N) is 1. The van der Waals surface area contributed by atoms with Crippen LogP contribution in [0.5, 0.6) is 5.75 Å². The van der Waals surface area contributed by atoms with Gasteiger partial charge in [0.25, 0.3) is 10.0 Å². The molecule has 46 heavy (non-hydrogen) atoms. The Morgan fingerprint density at radius 3 is 2.13 bits per heavy atom. The van der Waals surface area contributed by atoms with Crippen LogP contribution in [0, 0.1) is 12.3 Å². The minimum atomic E-state index is -4.45. The van der Waals surface area contributed by atoms with E-state index in [1.165, 1.54) is 22.9 Å². The molecule has 0 radical (unpaired) electrons. The largest absolute Gasteiger partial charge is 1.00 e. The minimum Gasteiger partial charge on any atom is -0.545 e. The third kappa shape index (κ3) is 8.07. The van der Waals surface area contributed by atoms with E-state index in [0.29, 0.717) is 34.1 Å². The molecule has 13 nitrogen and oxygen atoms in total. The number of sulfonamides is 1. The van der Waals surface area contributed by atoms with Gasteiger partial charge in [0.2, 0.25) is 5.82 Å². The first-order valence-corrected chi connectivity index (χ1v) is 14.8. The summed E-state index contributed by atoms with van der Waals surface area (Å²) in [7, 11) is -4.45. The molecular weight excluding hydrogens is 690 g/mol. The van der Waals surface area contributed by atoms with Crippen LogP contribution in [0.4, 0.5) is 11.4 Å². The van der Waals surface area contributed by atoms with Gasteiger partial charge in [-0.05, 0) is 66.1 Å². The molecule has 0 unspecified atom stereocenters. The number of rotatable bonds is 7. The molecule has 0 spiro atoms. The normalized spacial score (nSPS) is 13.3. The number of aromatic hydroxyl groups is 1. The summed E-state index contributed by atoms with van der Waals surface area (Å²) in [5.74, 6) is -2.96. The van der Waals surface area contributed by atoms with Crippen molar-refractivity contribution < 1.29 is 136 Å². The van der Waals surface area contributed by atoms with Gasteiger partial charge in [-0.3, -0.25) is 4.72 Å². The Hall–Kier alpha value is -1.81. The van der Waals surface area contributed by atoms with Gasteiger partial charge < -0.3 is 24.9 Å². The third-order valence-electron chi connectivity index (χ3n) is 6.53. The number of aliphatic imine (C=N–C) groups is 1. The summed E-state index contributed by atoms with van der Waals surface area (Å²) in [4.78, 5) is 26.8. The van der Waals surface area contributed by atoms with E-state index in [1.807, 2.05) is 20.8 Å². The second kappa shape index (κ2) is 14.8. The average molecular weight is 713 g/mol. The van der Waals surface area contributed by atoms with Crippen LogP contribution in [0.25, 0.3) is 11.4 Å². The quantitative estimate of drug-likeness (QED) is 0.183. The second-order valence-corrected chi connectivity index (χ2v) is 13.0. The first-order chi connectivity index (χ1) is 20.5. The van der Waals surface area contributed by atoms with Gasteiger partial charge in [0, 0.05) is 16.7 Å². The molecule has 1 aliphatic rings. The number of aryl methyl sites for hydroxylation is 1. The van der Waals surface area contributed by atoms with E-state index in [0.717, 1.165) is 18.2 Å². The summed E-state index contributed by atoms with van der Waals surface area (Å²) < 4.78 is 30.1. The van der Waals surface area contributed by atoms with Gasteiger partial charge in [0.1, 0.15) is 11.5 Å². The summed E-state index contributed by atoms with van der Waals surface area (Å²) in [5, 5.41) is 46.2. The number of aromatic nitrogens is 3. The molecule has 226 valence electrons. The van der Waals surface area contributed by atoms with E-state index in [1.54, 1.807) is 25.1 Å². The fourth-order valence-electron chi connectivity index (χ4n) is 4.40. The molecule has 0 saturated carbocycles. The van der Waals surface area contributed by atoms with Crippen molar-refractivity contribution in [3.63, 3.8) is 0 Å². The van der Waals surface area contributed by atoms with Gasteiger partial charge in [-0.15, -0.1) is 10.2 Å². The van der Waals surface area contributed by atoms with Gasteiger partial charge in [0.05, 0.1) is 33.3 Å². The van der Waals surface area contributed by atoms with Crippen LogP contribution in [0.2, 0.25) is 5.02 Å². The van der Waals surface area contributed by atoms with Crippen molar-refractivity contribution in [2.45, 2.75) is 32.6 Å². The van der Waals surface area contributed by atoms with Crippen LogP contribution in [0.1, 0.15) is 52.9 Å². The van der Waals surface area contributed by atoms with Crippen molar-refractivity contribution in [1.29, 1.82) is 0 Å². The number of hydrogen-bond acceptors (Lipinski definition) is 11. The second-order valence-electron chi connectivity index (χ2n) is 10.9. The number of carbonyl (C=O) groups excluding carboxylic acids is 2. The van der Waals surface area contributed by atoms with Crippen LogP contribution in [-0.4, -0.2) is 51.8 Å². The van der Waals surface area contributed by atoms with Crippen molar-refractivity contribution in [2.24, 2.45) is 15.5 Å². The number of phenols is 1. The number of aromatic carboxylic acids is 2. The Balaban J connectivity index is 0.00000288. The maximum Gasteiger partial charge on any atom is 1.00 e. The summed E-state index contributed by atoms with van der Waals surface area (Å²) in [6.07, 6.45) is 0. The van der Waals surface area contributed by atoms with Gasteiger partial charge >= 0.3 is 103 Å². The monoisotopic (exact) mass is 712 g/mol. The summed E-state index contributed by atoms with van der Waals surface area (Å²) in [5.41, 5.74) is 0.756. The first-order valence-electron chi connectivity index (χ1n) is 12.9. The Labute approximate surface area is 354 Å². The molecule has 0 saturated heterocycles. The van der Waals surface area contributed by atoms with E-state index in [-0.39, 0.29) is 125 Å². The van der Waals surface area contributed by atoms with Crippen LogP contribution in [0.15, 0.2) is 69.6 Å². The van der Waals surface area contributed by atoms with Crippen LogP contribution in [0.3, 0.4) is 0 Å². The molecule has 5 rings (SSSR count). The molecule has 4 aromatic rings. The maximum atomic E-state index is 13.1. The number of benzene rings is 3. The molecule has 2 N–H and O–H groups in total. The van der Waals surface area contributed by atoms with E-state index >= 15 is 0 Å². The fourth-order valence-corrected chi connectivity index (χ4v) is 5.78. The molecule has 0 amide bonds. The first kappa shape index (κ1) is 38.6. The van der Waals surface area contributed by atoms with Gasteiger partial charge in [-0.25, -0.2) is 13.4 Å².